The highest BCUT2D eigenvalue weighted by atomic mass is 32.2. The third-order valence-corrected chi connectivity index (χ3v) is 7.56. The monoisotopic (exact) mass is 471 g/mol. The molecule has 1 aliphatic heterocycles. The van der Waals surface area contributed by atoms with E-state index < -0.39 is 10.0 Å². The minimum absolute atomic E-state index is 0.104. The standard InChI is InChI=1S/C23H25N3O6S/c1-15(27)16-6-4-8-19(12-16)33(28,29)26-11-5-7-18(14-26)23-24-22(25-32-23)17-9-10-20(30-2)21(13-17)31-3/h4,6,8-10,12-13,18H,5,7,11,14H2,1-3H3/t18-/m0/s1. The van der Waals surface area contributed by atoms with Crippen LogP contribution in [0, 0.1) is 0 Å². The molecule has 33 heavy (non-hydrogen) atoms. The van der Waals surface area contributed by atoms with Crippen molar-refractivity contribution in [2.24, 2.45) is 0 Å². The van der Waals surface area contributed by atoms with Crippen molar-refractivity contribution >= 4 is 15.8 Å². The number of aromatic nitrogens is 2. The first-order valence-corrected chi connectivity index (χ1v) is 11.9. The summed E-state index contributed by atoms with van der Waals surface area (Å²) < 4.78 is 44.0. The van der Waals surface area contributed by atoms with Crippen LogP contribution in [0.25, 0.3) is 11.4 Å². The van der Waals surface area contributed by atoms with Crippen molar-refractivity contribution in [3.63, 3.8) is 0 Å². The lowest BCUT2D eigenvalue weighted by Gasteiger charge is -2.30. The third kappa shape index (κ3) is 4.62. The predicted molar refractivity (Wildman–Crippen MR) is 120 cm³/mol. The highest BCUT2D eigenvalue weighted by Gasteiger charge is 2.33. The fourth-order valence-electron chi connectivity index (χ4n) is 3.88. The van der Waals surface area contributed by atoms with Gasteiger partial charge >= 0.3 is 0 Å². The summed E-state index contributed by atoms with van der Waals surface area (Å²) in [6, 6.07) is 11.4. The second-order valence-corrected chi connectivity index (χ2v) is 9.75. The van der Waals surface area contributed by atoms with Crippen LogP contribution in [0.2, 0.25) is 0 Å². The molecule has 9 nitrogen and oxygen atoms in total. The zero-order valence-corrected chi connectivity index (χ0v) is 19.5. The van der Waals surface area contributed by atoms with E-state index in [1.165, 1.54) is 23.4 Å². The van der Waals surface area contributed by atoms with E-state index in [2.05, 4.69) is 10.1 Å². The molecule has 2 aromatic carbocycles. The van der Waals surface area contributed by atoms with Crippen molar-refractivity contribution < 1.29 is 27.2 Å². The Balaban J connectivity index is 1.56. The molecule has 0 spiro atoms. The molecule has 0 saturated carbocycles. The predicted octanol–water partition coefficient (Wildman–Crippen LogP) is 3.52. The first kappa shape index (κ1) is 22.9. The molecule has 0 bridgehead atoms. The van der Waals surface area contributed by atoms with Gasteiger partial charge in [0.15, 0.2) is 17.3 Å². The normalized spacial score (nSPS) is 17.0. The minimum Gasteiger partial charge on any atom is -0.493 e. The van der Waals surface area contributed by atoms with Gasteiger partial charge in [-0.05, 0) is 50.1 Å². The SMILES string of the molecule is COc1ccc(-c2noc([C@H]3CCCN(S(=O)(=O)c4cccc(C(C)=O)c4)C3)n2)cc1OC. The largest absolute Gasteiger partial charge is 0.493 e. The summed E-state index contributed by atoms with van der Waals surface area (Å²) in [6.45, 7) is 2.02. The van der Waals surface area contributed by atoms with Gasteiger partial charge in [-0.15, -0.1) is 0 Å². The Morgan fingerprint density at radius 2 is 1.91 bits per heavy atom. The lowest BCUT2D eigenvalue weighted by molar-refractivity contribution is 0.101. The van der Waals surface area contributed by atoms with Gasteiger partial charge in [0.05, 0.1) is 25.0 Å². The number of rotatable bonds is 7. The second kappa shape index (κ2) is 9.32. The number of methoxy groups -OCH3 is 2. The molecule has 10 heteroatoms. The van der Waals surface area contributed by atoms with Crippen molar-refractivity contribution in [2.45, 2.75) is 30.6 Å². The number of benzene rings is 2. The fraction of sp³-hybridized carbons (Fsp3) is 0.348. The number of carbonyl (C=O) groups excluding carboxylic acids is 1. The van der Waals surface area contributed by atoms with Gasteiger partial charge < -0.3 is 14.0 Å². The molecule has 0 radical (unpaired) electrons. The molecule has 174 valence electrons. The number of ether oxygens (including phenoxy) is 2. The van der Waals surface area contributed by atoms with E-state index in [0.717, 1.165) is 6.42 Å². The van der Waals surface area contributed by atoms with Gasteiger partial charge in [0, 0.05) is 24.2 Å². The van der Waals surface area contributed by atoms with Gasteiger partial charge in [-0.2, -0.15) is 9.29 Å². The van der Waals surface area contributed by atoms with Crippen LogP contribution in [0.4, 0.5) is 0 Å². The molecule has 0 amide bonds. The van der Waals surface area contributed by atoms with Crippen LogP contribution in [-0.2, 0) is 10.0 Å². The molecular weight excluding hydrogens is 446 g/mol. The maximum absolute atomic E-state index is 13.2. The third-order valence-electron chi connectivity index (χ3n) is 5.70. The maximum Gasteiger partial charge on any atom is 0.243 e. The van der Waals surface area contributed by atoms with E-state index in [1.54, 1.807) is 44.6 Å². The van der Waals surface area contributed by atoms with Crippen molar-refractivity contribution in [1.82, 2.24) is 14.4 Å². The van der Waals surface area contributed by atoms with Crippen LogP contribution in [0.15, 0.2) is 51.9 Å². The zero-order valence-electron chi connectivity index (χ0n) is 18.6. The number of hydrogen-bond donors (Lipinski definition) is 0. The summed E-state index contributed by atoms with van der Waals surface area (Å²) in [5.41, 5.74) is 1.06. The molecule has 2 heterocycles. The van der Waals surface area contributed by atoms with Crippen molar-refractivity contribution in [3.05, 3.63) is 53.9 Å². The van der Waals surface area contributed by atoms with Gasteiger partial charge in [0.2, 0.25) is 21.7 Å². The molecule has 4 rings (SSSR count). The van der Waals surface area contributed by atoms with Gasteiger partial charge in [-0.25, -0.2) is 8.42 Å². The molecule has 1 atom stereocenters. The molecular formula is C23H25N3O6S. The molecule has 0 N–H and O–H groups in total. The van der Waals surface area contributed by atoms with Gasteiger partial charge in [-0.1, -0.05) is 17.3 Å². The first-order chi connectivity index (χ1) is 15.8. The smallest absolute Gasteiger partial charge is 0.243 e. The van der Waals surface area contributed by atoms with Crippen LogP contribution in [-0.4, -0.2) is 56.0 Å². The molecule has 1 fully saturated rings. The number of carbonyl (C=O) groups is 1. The van der Waals surface area contributed by atoms with Gasteiger partial charge in [0.25, 0.3) is 0 Å². The van der Waals surface area contributed by atoms with Gasteiger partial charge in [-0.3, -0.25) is 4.79 Å². The number of piperidine rings is 1. The van der Waals surface area contributed by atoms with Crippen LogP contribution >= 0.6 is 0 Å². The summed E-state index contributed by atoms with van der Waals surface area (Å²) in [5, 5.41) is 4.08. The maximum atomic E-state index is 13.2. The average Bonchev–Trinajstić information content (AvgIpc) is 3.34. The van der Waals surface area contributed by atoms with Crippen LogP contribution in [0.3, 0.4) is 0 Å². The Hall–Kier alpha value is -3.24. The van der Waals surface area contributed by atoms with Crippen LogP contribution in [0.1, 0.15) is 41.9 Å². The lowest BCUT2D eigenvalue weighted by Crippen LogP contribution is -2.39. The van der Waals surface area contributed by atoms with Crippen molar-refractivity contribution in [3.8, 4) is 22.9 Å². The summed E-state index contributed by atoms with van der Waals surface area (Å²) in [5.74, 6) is 1.50. The number of nitrogens with zero attached hydrogens (tertiary/aromatic N) is 3. The van der Waals surface area contributed by atoms with E-state index in [1.807, 2.05) is 0 Å². The molecule has 0 aliphatic carbocycles. The van der Waals surface area contributed by atoms with Crippen LogP contribution in [0.5, 0.6) is 11.5 Å². The highest BCUT2D eigenvalue weighted by molar-refractivity contribution is 7.89. The Morgan fingerprint density at radius 1 is 1.12 bits per heavy atom. The van der Waals surface area contributed by atoms with E-state index in [9.17, 15) is 13.2 Å². The van der Waals surface area contributed by atoms with Crippen molar-refractivity contribution in [1.29, 1.82) is 0 Å². The van der Waals surface area contributed by atoms with E-state index in [0.29, 0.717) is 47.3 Å². The Morgan fingerprint density at radius 3 is 2.64 bits per heavy atom. The molecule has 3 aromatic rings. The molecule has 1 aliphatic rings. The first-order valence-electron chi connectivity index (χ1n) is 10.5. The topological polar surface area (TPSA) is 112 Å². The zero-order chi connectivity index (χ0) is 23.6. The Bertz CT molecular complexity index is 1270. The average molecular weight is 472 g/mol. The number of hydrogen-bond acceptors (Lipinski definition) is 8. The number of sulfonamides is 1. The quantitative estimate of drug-likeness (QED) is 0.481. The fourth-order valence-corrected chi connectivity index (χ4v) is 5.45. The molecule has 1 saturated heterocycles. The number of Topliss-reactive ketones (excluding diaryl/α,β-unsaturated/α-hetero) is 1. The van der Waals surface area contributed by atoms with E-state index >= 15 is 0 Å². The Kier molecular flexibility index (Phi) is 6.48. The van der Waals surface area contributed by atoms with E-state index in [4.69, 9.17) is 14.0 Å². The second-order valence-electron chi connectivity index (χ2n) is 7.81. The minimum atomic E-state index is -3.76. The van der Waals surface area contributed by atoms with Crippen molar-refractivity contribution in [2.75, 3.05) is 27.3 Å². The number of ketones is 1. The molecule has 0 unspecified atom stereocenters. The summed E-state index contributed by atoms with van der Waals surface area (Å²) in [7, 11) is -0.653. The Labute approximate surface area is 192 Å². The molecule has 1 aromatic heterocycles. The summed E-state index contributed by atoms with van der Waals surface area (Å²) in [4.78, 5) is 16.3. The van der Waals surface area contributed by atoms with Crippen LogP contribution < -0.4 is 9.47 Å². The van der Waals surface area contributed by atoms with E-state index in [-0.39, 0.29) is 23.1 Å². The summed E-state index contributed by atoms with van der Waals surface area (Å²) in [6.07, 6.45) is 1.39. The summed E-state index contributed by atoms with van der Waals surface area (Å²) >= 11 is 0. The highest BCUT2D eigenvalue weighted by Crippen LogP contribution is 2.33. The lowest BCUT2D eigenvalue weighted by atomic mass is 10.00. The van der Waals surface area contributed by atoms with Gasteiger partial charge in [0.1, 0.15) is 0 Å².